The maximum atomic E-state index is 13.6. The Morgan fingerprint density at radius 2 is 1.86 bits per heavy atom. The lowest BCUT2D eigenvalue weighted by Crippen LogP contribution is -2.44. The Labute approximate surface area is 243 Å². The van der Waals surface area contributed by atoms with Crippen molar-refractivity contribution in [1.29, 1.82) is 0 Å². The number of amides is 1. The molecule has 3 heterocycles. The van der Waals surface area contributed by atoms with Crippen LogP contribution in [0, 0.1) is 0 Å². The predicted molar refractivity (Wildman–Crippen MR) is 146 cm³/mol. The molecule has 0 unspecified atom stereocenters. The van der Waals surface area contributed by atoms with Crippen LogP contribution in [0.15, 0.2) is 54.9 Å². The van der Waals surface area contributed by atoms with Crippen molar-refractivity contribution < 1.29 is 47.5 Å². The summed E-state index contributed by atoms with van der Waals surface area (Å²) in [6.45, 7) is 2.42. The number of carboxylic acids is 2. The minimum absolute atomic E-state index is 0.156. The topological polar surface area (TPSA) is 167 Å². The number of carbonyl (C=O) groups is 3. The molecule has 0 radical (unpaired) electrons. The van der Waals surface area contributed by atoms with Gasteiger partial charge < -0.3 is 30.4 Å². The first kappa shape index (κ1) is 31.1. The normalized spacial score (nSPS) is 13.8. The second-order valence-corrected chi connectivity index (χ2v) is 9.84. The summed E-state index contributed by atoms with van der Waals surface area (Å²) in [6.07, 6.45) is 0.700. The van der Waals surface area contributed by atoms with Crippen LogP contribution in [0.3, 0.4) is 0 Å². The third-order valence-corrected chi connectivity index (χ3v) is 6.72. The Bertz CT molecular complexity index is 1600. The molecule has 228 valence electrons. The van der Waals surface area contributed by atoms with Gasteiger partial charge in [0.15, 0.2) is 5.75 Å². The smallest absolute Gasteiger partial charge is 0.480 e. The van der Waals surface area contributed by atoms with Crippen LogP contribution in [0.1, 0.15) is 47.5 Å². The van der Waals surface area contributed by atoms with E-state index in [1.165, 1.54) is 0 Å². The highest BCUT2D eigenvalue weighted by Gasteiger charge is 2.38. The van der Waals surface area contributed by atoms with Gasteiger partial charge in [0.1, 0.15) is 18.5 Å². The zero-order chi connectivity index (χ0) is 31.1. The van der Waals surface area contributed by atoms with Crippen molar-refractivity contribution in [2.75, 3.05) is 0 Å². The van der Waals surface area contributed by atoms with Crippen LogP contribution in [0.4, 0.5) is 13.2 Å². The van der Waals surface area contributed by atoms with Crippen molar-refractivity contribution >= 4 is 28.7 Å². The Morgan fingerprint density at radius 1 is 1.12 bits per heavy atom. The van der Waals surface area contributed by atoms with Crippen molar-refractivity contribution in [2.24, 2.45) is 0 Å². The van der Waals surface area contributed by atoms with Gasteiger partial charge in [-0.05, 0) is 29.7 Å². The number of imidazole rings is 1. The molecule has 0 fully saturated rings. The van der Waals surface area contributed by atoms with E-state index in [-0.39, 0.29) is 12.3 Å². The van der Waals surface area contributed by atoms with Crippen molar-refractivity contribution in [3.05, 3.63) is 83.1 Å². The number of hydrogen-bond acceptors (Lipinski definition) is 6. The molecule has 5 N–H and O–H groups in total. The Balaban J connectivity index is 0.000000541. The largest absolute Gasteiger partial charge is 0.490 e. The molecular weight excluding hydrogens is 573 g/mol. The minimum atomic E-state index is -5.08. The molecule has 0 bridgehead atoms. The lowest BCUT2D eigenvalue weighted by Gasteiger charge is -2.21. The highest BCUT2D eigenvalue weighted by molar-refractivity contribution is 5.89. The maximum Gasteiger partial charge on any atom is 0.490 e. The van der Waals surface area contributed by atoms with Gasteiger partial charge in [0.2, 0.25) is 5.91 Å². The monoisotopic (exact) mass is 602 g/mol. The van der Waals surface area contributed by atoms with Crippen LogP contribution in [-0.2, 0) is 45.1 Å². The van der Waals surface area contributed by atoms with Gasteiger partial charge >= 0.3 is 18.1 Å². The number of halogens is 3. The van der Waals surface area contributed by atoms with E-state index in [1.807, 2.05) is 36.4 Å². The van der Waals surface area contributed by atoms with E-state index in [4.69, 9.17) is 19.7 Å². The fourth-order valence-electron chi connectivity index (χ4n) is 4.59. The molecular formula is C29H29F3N4O7. The van der Waals surface area contributed by atoms with Gasteiger partial charge in [-0.3, -0.25) is 4.79 Å². The van der Waals surface area contributed by atoms with Crippen LogP contribution < -0.4 is 10.2 Å². The van der Waals surface area contributed by atoms with Gasteiger partial charge in [-0.15, -0.1) is 0 Å². The number of aryl methyl sites for hydroxylation is 1. The number of rotatable bonds is 10. The molecule has 4 aromatic rings. The predicted octanol–water partition coefficient (Wildman–Crippen LogP) is 4.44. The zero-order valence-electron chi connectivity index (χ0n) is 22.9. The van der Waals surface area contributed by atoms with Crippen molar-refractivity contribution in [1.82, 2.24) is 20.3 Å². The summed E-state index contributed by atoms with van der Waals surface area (Å²) in [4.78, 5) is 55.8. The molecule has 2 atom stereocenters. The lowest BCUT2D eigenvalue weighted by atomic mass is 9.91. The molecule has 14 heteroatoms. The third-order valence-electron chi connectivity index (χ3n) is 6.72. The second-order valence-electron chi connectivity index (χ2n) is 9.84. The van der Waals surface area contributed by atoms with Crippen LogP contribution in [-0.4, -0.2) is 55.2 Å². The number of nitrogens with one attached hydrogen (secondary N) is 3. The van der Waals surface area contributed by atoms with E-state index in [9.17, 15) is 27.9 Å². The lowest BCUT2D eigenvalue weighted by molar-refractivity contribution is -0.194. The molecule has 0 aliphatic carbocycles. The number of aromatic nitrogens is 3. The number of aliphatic carboxylic acids is 2. The highest BCUT2D eigenvalue weighted by atomic mass is 19.4. The molecule has 2 aromatic carbocycles. The molecule has 43 heavy (non-hydrogen) atoms. The molecule has 11 nitrogen and oxygen atoms in total. The first-order valence-electron chi connectivity index (χ1n) is 13.3. The van der Waals surface area contributed by atoms with Gasteiger partial charge in [-0.1, -0.05) is 37.3 Å². The van der Waals surface area contributed by atoms with E-state index in [2.05, 4.69) is 27.2 Å². The molecule has 5 rings (SSSR count). The first-order valence-corrected chi connectivity index (χ1v) is 13.3. The second kappa shape index (κ2) is 13.4. The Morgan fingerprint density at radius 3 is 2.56 bits per heavy atom. The number of fused-ring (bicyclic) bond motifs is 2. The SMILES string of the molecule is CCCc1ncc(C[C@H](C(=O)N[C@@H](Cc2c[nH]c3ccccc23)C(=O)O)c2ccc3c(c2)OOC3)[nH]1.O=C(O)C(F)(F)F. The summed E-state index contributed by atoms with van der Waals surface area (Å²) in [5, 5.41) is 20.8. The van der Waals surface area contributed by atoms with Gasteiger partial charge in [0.05, 0.1) is 5.92 Å². The van der Waals surface area contributed by atoms with Crippen LogP contribution in [0.25, 0.3) is 10.9 Å². The number of carboxylic acid groups (broad SMARTS) is 2. The summed E-state index contributed by atoms with van der Waals surface area (Å²) >= 11 is 0. The van der Waals surface area contributed by atoms with Crippen molar-refractivity contribution in [3.63, 3.8) is 0 Å². The van der Waals surface area contributed by atoms with E-state index >= 15 is 0 Å². The van der Waals surface area contributed by atoms with Crippen LogP contribution >= 0.6 is 0 Å². The van der Waals surface area contributed by atoms with E-state index < -0.39 is 30.1 Å². The quantitative estimate of drug-likeness (QED) is 0.166. The first-order chi connectivity index (χ1) is 20.5. The summed E-state index contributed by atoms with van der Waals surface area (Å²) in [5.74, 6) is -3.46. The molecule has 1 aliphatic rings. The molecule has 2 aromatic heterocycles. The van der Waals surface area contributed by atoms with E-state index in [0.717, 1.165) is 46.4 Å². The van der Waals surface area contributed by atoms with Gasteiger partial charge in [-0.25, -0.2) is 14.6 Å². The third kappa shape index (κ3) is 7.92. The molecule has 0 saturated carbocycles. The average Bonchev–Trinajstić information content (AvgIpc) is 3.71. The highest BCUT2D eigenvalue weighted by Crippen LogP contribution is 2.31. The number of nitrogens with zero attached hydrogens (tertiary/aromatic N) is 1. The Kier molecular flexibility index (Phi) is 9.70. The number of H-pyrrole nitrogens is 2. The van der Waals surface area contributed by atoms with E-state index in [1.54, 1.807) is 18.5 Å². The fourth-order valence-corrected chi connectivity index (χ4v) is 4.59. The maximum absolute atomic E-state index is 13.6. The summed E-state index contributed by atoms with van der Waals surface area (Å²) in [5.41, 5.74) is 4.16. The molecule has 0 saturated heterocycles. The Hall–Kier alpha value is -4.85. The van der Waals surface area contributed by atoms with Gasteiger partial charge in [-0.2, -0.15) is 18.1 Å². The van der Waals surface area contributed by atoms with Crippen LogP contribution in [0.5, 0.6) is 5.75 Å². The number of alkyl halides is 3. The van der Waals surface area contributed by atoms with Gasteiger partial charge in [0, 0.05) is 53.8 Å². The van der Waals surface area contributed by atoms with E-state index in [0.29, 0.717) is 24.3 Å². The zero-order valence-corrected chi connectivity index (χ0v) is 22.9. The summed E-state index contributed by atoms with van der Waals surface area (Å²) in [6, 6.07) is 12.1. The number of hydrogen-bond donors (Lipinski definition) is 5. The standard InChI is InChI=1S/C27H28N4O5.C2HF3O2/c1-2-5-25-29-14-19(30-25)12-21(16-8-9-17-15-35-36-24(17)11-16)26(32)31-23(27(33)34)10-18-13-28-22-7-4-3-6-20(18)22;3-2(4,5)1(6)7/h3-4,6-9,11,13-14,21,23,28H,2,5,10,12,15H2,1H3,(H,29,30)(H,31,32)(H,33,34);(H,6,7)/t21-,23-;/m0./s1. The molecule has 1 aliphatic heterocycles. The van der Waals surface area contributed by atoms with Crippen LogP contribution in [0.2, 0.25) is 0 Å². The number of aromatic amines is 2. The van der Waals surface area contributed by atoms with Gasteiger partial charge in [0.25, 0.3) is 0 Å². The van der Waals surface area contributed by atoms with Crippen molar-refractivity contribution in [2.45, 2.75) is 57.3 Å². The number of carbonyl (C=O) groups excluding carboxylic acids is 1. The van der Waals surface area contributed by atoms with Crippen molar-refractivity contribution in [3.8, 4) is 5.75 Å². The fraction of sp³-hybridized carbons (Fsp3) is 0.310. The number of para-hydroxylation sites is 1. The summed E-state index contributed by atoms with van der Waals surface area (Å²) in [7, 11) is 0. The molecule has 0 spiro atoms. The number of benzene rings is 2. The average molecular weight is 603 g/mol. The molecule has 1 amide bonds. The minimum Gasteiger partial charge on any atom is -0.480 e. The summed E-state index contributed by atoms with van der Waals surface area (Å²) < 4.78 is 31.7.